The molecule has 0 bridgehead atoms. The molecule has 0 aliphatic heterocycles. The number of ether oxygens (including phenoxy) is 1. The van der Waals surface area contributed by atoms with E-state index in [-0.39, 0.29) is 5.91 Å². The predicted molar refractivity (Wildman–Crippen MR) is 110 cm³/mol. The molecule has 1 saturated carbocycles. The third-order valence-corrected chi connectivity index (χ3v) is 5.44. The van der Waals surface area contributed by atoms with E-state index in [1.807, 2.05) is 42.7 Å². The number of nitrogens with zero attached hydrogens (tertiary/aromatic N) is 4. The Labute approximate surface area is 170 Å². The molecule has 0 radical (unpaired) electrons. The quantitative estimate of drug-likeness (QED) is 0.664. The molecule has 1 fully saturated rings. The molecule has 1 aliphatic rings. The van der Waals surface area contributed by atoms with E-state index in [0.717, 1.165) is 17.1 Å². The van der Waals surface area contributed by atoms with Crippen molar-refractivity contribution in [2.24, 2.45) is 5.92 Å². The van der Waals surface area contributed by atoms with Gasteiger partial charge < -0.3 is 10.1 Å². The van der Waals surface area contributed by atoms with Gasteiger partial charge in [-0.05, 0) is 56.9 Å². The smallest absolute Gasteiger partial charge is 0.224 e. The number of rotatable bonds is 6. The van der Waals surface area contributed by atoms with Gasteiger partial charge in [-0.15, -0.1) is 0 Å². The van der Waals surface area contributed by atoms with Crippen LogP contribution in [0.3, 0.4) is 0 Å². The van der Waals surface area contributed by atoms with Crippen molar-refractivity contribution in [2.45, 2.75) is 46.0 Å². The van der Waals surface area contributed by atoms with Gasteiger partial charge in [-0.25, -0.2) is 15.0 Å². The van der Waals surface area contributed by atoms with Crippen LogP contribution < -0.4 is 10.1 Å². The van der Waals surface area contributed by atoms with Gasteiger partial charge >= 0.3 is 0 Å². The van der Waals surface area contributed by atoms with Gasteiger partial charge in [0, 0.05) is 23.9 Å². The molecule has 0 saturated heterocycles. The maximum Gasteiger partial charge on any atom is 0.224 e. The van der Waals surface area contributed by atoms with Crippen molar-refractivity contribution in [1.29, 1.82) is 0 Å². The average molecular weight is 391 g/mol. The highest BCUT2D eigenvalue weighted by Gasteiger charge is 2.18. The van der Waals surface area contributed by atoms with Crippen LogP contribution in [-0.4, -0.2) is 25.4 Å². The van der Waals surface area contributed by atoms with Crippen LogP contribution in [0.25, 0.3) is 5.82 Å². The molecule has 0 spiro atoms. The van der Waals surface area contributed by atoms with E-state index in [1.165, 1.54) is 32.0 Å². The molecule has 3 aromatic rings. The molecular weight excluding hydrogens is 366 g/mol. The van der Waals surface area contributed by atoms with Crippen molar-refractivity contribution in [3.63, 3.8) is 0 Å². The Hall–Kier alpha value is -3.22. The fourth-order valence-electron chi connectivity index (χ4n) is 3.66. The number of carbonyl (C=O) groups is 1. The van der Waals surface area contributed by atoms with Gasteiger partial charge in [-0.3, -0.25) is 9.36 Å². The summed E-state index contributed by atoms with van der Waals surface area (Å²) < 4.78 is 7.75. The predicted octanol–water partition coefficient (Wildman–Crippen LogP) is 4.59. The van der Waals surface area contributed by atoms with Crippen molar-refractivity contribution in [3.05, 3.63) is 54.4 Å². The zero-order chi connectivity index (χ0) is 20.2. The maximum atomic E-state index is 12.2. The fraction of sp³-hybridized carbons (Fsp3) is 0.364. The number of nitrogens with one attached hydrogen (secondary N) is 1. The molecule has 1 aromatic carbocycles. The summed E-state index contributed by atoms with van der Waals surface area (Å²) in [5, 5.41) is 2.97. The van der Waals surface area contributed by atoms with Crippen LogP contribution in [0.2, 0.25) is 0 Å². The number of hydrogen-bond donors (Lipinski definition) is 1. The van der Waals surface area contributed by atoms with Gasteiger partial charge in [0.2, 0.25) is 11.8 Å². The first-order valence-corrected chi connectivity index (χ1v) is 9.99. The van der Waals surface area contributed by atoms with Crippen molar-refractivity contribution in [2.75, 3.05) is 5.32 Å². The molecule has 1 amide bonds. The summed E-state index contributed by atoms with van der Waals surface area (Å²) >= 11 is 0. The average Bonchev–Trinajstić information content (AvgIpc) is 3.34. The number of imidazole rings is 1. The summed E-state index contributed by atoms with van der Waals surface area (Å²) in [6.07, 6.45) is 8.63. The molecule has 1 N–H and O–H groups in total. The molecule has 150 valence electrons. The Morgan fingerprint density at radius 1 is 1.14 bits per heavy atom. The second-order valence-corrected chi connectivity index (χ2v) is 7.53. The third kappa shape index (κ3) is 4.62. The van der Waals surface area contributed by atoms with Gasteiger partial charge in [-0.1, -0.05) is 12.8 Å². The number of amides is 1. The van der Waals surface area contributed by atoms with E-state index < -0.39 is 0 Å². The molecule has 29 heavy (non-hydrogen) atoms. The summed E-state index contributed by atoms with van der Waals surface area (Å²) in [6, 6.07) is 9.09. The van der Waals surface area contributed by atoms with Crippen LogP contribution >= 0.6 is 0 Å². The summed E-state index contributed by atoms with van der Waals surface area (Å²) in [6.45, 7) is 3.95. The molecular formula is C22H25N5O2. The Balaban J connectivity index is 1.39. The van der Waals surface area contributed by atoms with E-state index in [1.54, 1.807) is 12.4 Å². The van der Waals surface area contributed by atoms with Gasteiger partial charge in [0.05, 0.1) is 5.69 Å². The summed E-state index contributed by atoms with van der Waals surface area (Å²) in [4.78, 5) is 25.0. The largest absolute Gasteiger partial charge is 0.439 e. The number of carbonyl (C=O) groups excluding carboxylic acids is 1. The van der Waals surface area contributed by atoms with E-state index in [4.69, 9.17) is 4.74 Å². The highest BCUT2D eigenvalue weighted by molar-refractivity contribution is 5.90. The topological polar surface area (TPSA) is 81.9 Å². The summed E-state index contributed by atoms with van der Waals surface area (Å²) in [7, 11) is 0. The summed E-state index contributed by atoms with van der Waals surface area (Å²) in [5.41, 5.74) is 2.75. The minimum absolute atomic E-state index is 0.0806. The Kier molecular flexibility index (Phi) is 5.55. The zero-order valence-electron chi connectivity index (χ0n) is 16.8. The number of aryl methyl sites for hydroxylation is 1. The van der Waals surface area contributed by atoms with Gasteiger partial charge in [0.15, 0.2) is 0 Å². The molecule has 2 aromatic heterocycles. The first-order chi connectivity index (χ1) is 14.1. The summed E-state index contributed by atoms with van der Waals surface area (Å²) in [5.74, 6) is 2.40. The third-order valence-electron chi connectivity index (χ3n) is 5.44. The van der Waals surface area contributed by atoms with Crippen LogP contribution in [0.1, 0.15) is 43.5 Å². The Morgan fingerprint density at radius 3 is 2.59 bits per heavy atom. The van der Waals surface area contributed by atoms with Crippen molar-refractivity contribution in [3.8, 4) is 17.4 Å². The highest BCUT2D eigenvalue weighted by atomic mass is 16.5. The van der Waals surface area contributed by atoms with Gasteiger partial charge in [0.1, 0.15) is 24.2 Å². The zero-order valence-corrected chi connectivity index (χ0v) is 16.8. The SMILES string of the molecule is Cc1ncn(-c2cc(Oc3ccc(NC(=O)CC4CCCC4)cc3)ncn2)c1C. The van der Waals surface area contributed by atoms with Crippen molar-refractivity contribution < 1.29 is 9.53 Å². The van der Waals surface area contributed by atoms with Crippen LogP contribution in [0.5, 0.6) is 11.6 Å². The van der Waals surface area contributed by atoms with E-state index in [9.17, 15) is 4.79 Å². The van der Waals surface area contributed by atoms with Crippen LogP contribution in [0, 0.1) is 19.8 Å². The normalized spacial score (nSPS) is 14.1. The number of benzene rings is 1. The Morgan fingerprint density at radius 2 is 1.90 bits per heavy atom. The minimum Gasteiger partial charge on any atom is -0.439 e. The molecule has 7 heteroatoms. The molecule has 2 heterocycles. The van der Waals surface area contributed by atoms with Crippen molar-refractivity contribution >= 4 is 11.6 Å². The standard InChI is InChI=1S/C22H25N5O2/c1-15-16(2)27(14-25-15)20-12-22(24-13-23-20)29-19-9-7-18(8-10-19)26-21(28)11-17-5-3-4-6-17/h7-10,12-14,17H,3-6,11H2,1-2H3,(H,26,28). The molecule has 7 nitrogen and oxygen atoms in total. The van der Waals surface area contributed by atoms with E-state index >= 15 is 0 Å². The van der Waals surface area contributed by atoms with Crippen LogP contribution in [0.4, 0.5) is 5.69 Å². The minimum atomic E-state index is 0.0806. The maximum absolute atomic E-state index is 12.2. The van der Waals surface area contributed by atoms with Gasteiger partial charge in [0.25, 0.3) is 0 Å². The second-order valence-electron chi connectivity index (χ2n) is 7.53. The molecule has 1 aliphatic carbocycles. The molecule has 4 rings (SSSR count). The second kappa shape index (κ2) is 8.43. The molecule has 0 unspecified atom stereocenters. The first-order valence-electron chi connectivity index (χ1n) is 9.99. The lowest BCUT2D eigenvalue weighted by Crippen LogP contribution is -2.14. The number of hydrogen-bond acceptors (Lipinski definition) is 5. The number of aromatic nitrogens is 4. The van der Waals surface area contributed by atoms with Crippen molar-refractivity contribution in [1.82, 2.24) is 19.5 Å². The Bertz CT molecular complexity index is 991. The van der Waals surface area contributed by atoms with E-state index in [2.05, 4.69) is 20.3 Å². The lowest BCUT2D eigenvalue weighted by atomic mass is 10.0. The first kappa shape index (κ1) is 19.1. The lowest BCUT2D eigenvalue weighted by Gasteiger charge is -2.11. The lowest BCUT2D eigenvalue weighted by molar-refractivity contribution is -0.117. The highest BCUT2D eigenvalue weighted by Crippen LogP contribution is 2.28. The fourth-order valence-corrected chi connectivity index (χ4v) is 3.66. The van der Waals surface area contributed by atoms with E-state index in [0.29, 0.717) is 29.8 Å². The van der Waals surface area contributed by atoms with Crippen LogP contribution in [-0.2, 0) is 4.79 Å². The molecule has 0 atom stereocenters. The number of anilines is 1. The van der Waals surface area contributed by atoms with Gasteiger partial charge in [-0.2, -0.15) is 0 Å². The van der Waals surface area contributed by atoms with Crippen LogP contribution in [0.15, 0.2) is 43.0 Å². The monoisotopic (exact) mass is 391 g/mol.